The summed E-state index contributed by atoms with van der Waals surface area (Å²) in [6, 6.07) is 25.3. The molecule has 1 heterocycles. The number of carbonyl (C=O) groups is 1. The molecule has 5 nitrogen and oxygen atoms in total. The Morgan fingerprint density at radius 2 is 1.38 bits per heavy atom. The maximum absolute atomic E-state index is 11.8. The first-order valence-electron chi connectivity index (χ1n) is 15.2. The van der Waals surface area contributed by atoms with Crippen LogP contribution >= 0.6 is 69.6 Å². The van der Waals surface area contributed by atoms with E-state index in [-0.39, 0.29) is 11.8 Å². The van der Waals surface area contributed by atoms with Gasteiger partial charge in [0.1, 0.15) is 0 Å². The van der Waals surface area contributed by atoms with E-state index in [1.165, 1.54) is 0 Å². The summed E-state index contributed by atoms with van der Waals surface area (Å²) in [7, 11) is 0.119. The molecule has 1 aliphatic rings. The monoisotopic (exact) mass is 806 g/mol. The summed E-state index contributed by atoms with van der Waals surface area (Å²) in [4.78, 5) is 18.1. The quantitative estimate of drug-likeness (QED) is 0.0770. The Bertz CT molecular complexity index is 1840. The molecule has 1 aliphatic heterocycles. The van der Waals surface area contributed by atoms with Gasteiger partial charge in [-0.05, 0) is 97.5 Å². The summed E-state index contributed by atoms with van der Waals surface area (Å²) in [6.45, 7) is 10.1. The molecule has 0 bridgehead atoms. The standard InChI is InChI=1S/C17H12Cl3NO.C13H8Cl3N.C8H16O2Si/c18-12-3-1-11(2-4-12)17-10-14(22)7-8-21(17)16-6-5-13(19)9-15(16)20;14-10-3-1-9(2-4-10)8-17-13-6-5-11(15)7-12(13)16;1-8(6-7-9-2)10-11(3,4)5/h1-9,17H,10H2;1-8H;6-7H,1H2,2-5H3/b;;7-6+. The molecule has 0 spiro atoms. The van der Waals surface area contributed by atoms with Gasteiger partial charge in [0.05, 0.1) is 46.6 Å². The van der Waals surface area contributed by atoms with Gasteiger partial charge in [0.15, 0.2) is 5.78 Å². The Labute approximate surface area is 325 Å². The highest BCUT2D eigenvalue weighted by molar-refractivity contribution is 6.70. The molecule has 50 heavy (non-hydrogen) atoms. The largest absolute Gasteiger partial charge is 0.545 e. The van der Waals surface area contributed by atoms with E-state index in [0.717, 1.165) is 16.8 Å². The summed E-state index contributed by atoms with van der Waals surface area (Å²) in [5.41, 5.74) is 3.47. The maximum atomic E-state index is 11.8. The van der Waals surface area contributed by atoms with Crippen LogP contribution in [0.15, 0.2) is 127 Å². The van der Waals surface area contributed by atoms with Gasteiger partial charge in [-0.15, -0.1) is 0 Å². The molecule has 1 unspecified atom stereocenters. The van der Waals surface area contributed by atoms with E-state index < -0.39 is 8.32 Å². The van der Waals surface area contributed by atoms with Crippen LogP contribution in [0.4, 0.5) is 11.4 Å². The summed E-state index contributed by atoms with van der Waals surface area (Å²) >= 11 is 35.8. The molecule has 262 valence electrons. The number of ketones is 1. The lowest BCUT2D eigenvalue weighted by Gasteiger charge is -2.33. The smallest absolute Gasteiger partial charge is 0.242 e. The molecule has 4 aromatic carbocycles. The second-order valence-electron chi connectivity index (χ2n) is 11.7. The van der Waals surface area contributed by atoms with Gasteiger partial charge in [-0.25, -0.2) is 0 Å². The molecular formula is C38H36Cl6N2O3Si. The number of aliphatic imine (C=N–C) groups is 1. The molecule has 0 N–H and O–H groups in total. The zero-order valence-electron chi connectivity index (χ0n) is 27.8. The second-order valence-corrected chi connectivity index (χ2v) is 18.7. The van der Waals surface area contributed by atoms with Crippen LogP contribution in [0.5, 0.6) is 0 Å². The van der Waals surface area contributed by atoms with Crippen LogP contribution in [0.2, 0.25) is 49.8 Å². The van der Waals surface area contributed by atoms with Gasteiger partial charge >= 0.3 is 0 Å². The van der Waals surface area contributed by atoms with Gasteiger partial charge in [0, 0.05) is 45.0 Å². The van der Waals surface area contributed by atoms with Crippen LogP contribution in [0.1, 0.15) is 23.6 Å². The lowest BCUT2D eigenvalue weighted by molar-refractivity contribution is -0.115. The van der Waals surface area contributed by atoms with E-state index in [2.05, 4.69) is 31.2 Å². The SMILES string of the molecule is C=C(/C=C/OC)O[Si](C)(C)C.Clc1ccc(C=Nc2ccc(Cl)cc2Cl)cc1.O=C1C=CN(c2ccc(Cl)cc2Cl)C(c2ccc(Cl)cc2)C1. The van der Waals surface area contributed by atoms with Crippen molar-refractivity contribution in [1.29, 1.82) is 0 Å². The topological polar surface area (TPSA) is 51.1 Å². The Kier molecular flexibility index (Phi) is 16.5. The summed E-state index contributed by atoms with van der Waals surface area (Å²) in [6.07, 6.45) is 8.72. The van der Waals surface area contributed by atoms with E-state index in [4.69, 9.17) is 78.8 Å². The Hall–Kier alpha value is -3.20. The van der Waals surface area contributed by atoms with Gasteiger partial charge in [-0.2, -0.15) is 0 Å². The fourth-order valence-electron chi connectivity index (χ4n) is 4.38. The van der Waals surface area contributed by atoms with Gasteiger partial charge in [0.2, 0.25) is 8.32 Å². The average molecular weight is 810 g/mol. The average Bonchev–Trinajstić information content (AvgIpc) is 3.05. The third kappa shape index (κ3) is 14.2. The summed E-state index contributed by atoms with van der Waals surface area (Å²) < 4.78 is 10.2. The Balaban J connectivity index is 0.000000216. The van der Waals surface area contributed by atoms with Crippen LogP contribution in [-0.2, 0) is 14.0 Å². The highest BCUT2D eigenvalue weighted by atomic mass is 35.5. The summed E-state index contributed by atoms with van der Waals surface area (Å²) in [5.74, 6) is 0.757. The molecule has 0 aliphatic carbocycles. The van der Waals surface area contributed by atoms with Gasteiger partial charge < -0.3 is 14.1 Å². The number of halogens is 6. The molecule has 0 saturated carbocycles. The van der Waals surface area contributed by atoms with Crippen molar-refractivity contribution in [2.45, 2.75) is 32.1 Å². The summed E-state index contributed by atoms with van der Waals surface area (Å²) in [5, 5.41) is 3.62. The number of methoxy groups -OCH3 is 1. The van der Waals surface area contributed by atoms with Gasteiger partial charge in [-0.3, -0.25) is 9.79 Å². The number of anilines is 1. The Morgan fingerprint density at radius 1 is 0.820 bits per heavy atom. The van der Waals surface area contributed by atoms with E-state index in [9.17, 15) is 4.79 Å². The molecule has 1 atom stereocenters. The first-order valence-corrected chi connectivity index (χ1v) is 20.8. The van der Waals surface area contributed by atoms with E-state index in [1.54, 1.807) is 68.3 Å². The number of benzene rings is 4. The highest BCUT2D eigenvalue weighted by Crippen LogP contribution is 2.38. The first kappa shape index (κ1) is 41.2. The van der Waals surface area contributed by atoms with E-state index in [1.807, 2.05) is 59.5 Å². The molecule has 0 saturated heterocycles. The zero-order valence-corrected chi connectivity index (χ0v) is 33.4. The van der Waals surface area contributed by atoms with Crippen molar-refractivity contribution in [2.24, 2.45) is 4.99 Å². The van der Waals surface area contributed by atoms with Crippen molar-refractivity contribution < 1.29 is 14.0 Å². The van der Waals surface area contributed by atoms with Crippen LogP contribution in [-0.4, -0.2) is 27.4 Å². The second kappa shape index (κ2) is 20.0. The van der Waals surface area contributed by atoms with Crippen LogP contribution in [0.3, 0.4) is 0 Å². The van der Waals surface area contributed by atoms with Crippen LogP contribution in [0, 0.1) is 0 Å². The predicted molar refractivity (Wildman–Crippen MR) is 217 cm³/mol. The maximum Gasteiger partial charge on any atom is 0.242 e. The van der Waals surface area contributed by atoms with Crippen molar-refractivity contribution in [2.75, 3.05) is 12.0 Å². The molecule has 4 aromatic rings. The van der Waals surface area contributed by atoms with Crippen molar-refractivity contribution in [3.05, 3.63) is 163 Å². The number of nitrogens with zero attached hydrogens (tertiary/aromatic N) is 2. The zero-order chi connectivity index (χ0) is 36.8. The minimum absolute atomic E-state index is 0.0845. The number of allylic oxidation sites excluding steroid dienone is 2. The normalized spacial score (nSPS) is 14.2. The fourth-order valence-corrected chi connectivity index (χ4v) is 6.45. The molecule has 0 fully saturated rings. The molecule has 0 radical (unpaired) electrons. The van der Waals surface area contributed by atoms with Crippen molar-refractivity contribution in [1.82, 2.24) is 0 Å². The van der Waals surface area contributed by atoms with Crippen molar-refractivity contribution in [3.8, 4) is 0 Å². The number of rotatable bonds is 8. The molecule has 0 aromatic heterocycles. The molecule has 0 amide bonds. The van der Waals surface area contributed by atoms with E-state index in [0.29, 0.717) is 48.0 Å². The molecular weight excluding hydrogens is 773 g/mol. The van der Waals surface area contributed by atoms with Crippen LogP contribution in [0.25, 0.3) is 0 Å². The van der Waals surface area contributed by atoms with Crippen molar-refractivity contribution in [3.63, 3.8) is 0 Å². The van der Waals surface area contributed by atoms with Gasteiger partial charge in [0.25, 0.3) is 0 Å². The minimum Gasteiger partial charge on any atom is -0.545 e. The fraction of sp³-hybridized carbons (Fsp3) is 0.158. The highest BCUT2D eigenvalue weighted by Gasteiger charge is 2.26. The van der Waals surface area contributed by atoms with Gasteiger partial charge in [-0.1, -0.05) is 100 Å². The lowest BCUT2D eigenvalue weighted by Crippen LogP contribution is -2.29. The number of carbonyl (C=O) groups excluding carboxylic acids is 1. The molecule has 12 heteroatoms. The van der Waals surface area contributed by atoms with E-state index >= 15 is 0 Å². The lowest BCUT2D eigenvalue weighted by atomic mass is 9.96. The third-order valence-corrected chi connectivity index (χ3v) is 9.01. The first-order chi connectivity index (χ1) is 23.6. The predicted octanol–water partition coefficient (Wildman–Crippen LogP) is 13.6. The minimum atomic E-state index is -1.48. The number of ether oxygens (including phenoxy) is 1. The Morgan fingerprint density at radius 3 is 1.94 bits per heavy atom. The number of hydrogen-bond acceptors (Lipinski definition) is 5. The third-order valence-electron chi connectivity index (χ3n) is 6.55. The van der Waals surface area contributed by atoms with Crippen LogP contribution < -0.4 is 4.90 Å². The number of hydrogen-bond donors (Lipinski definition) is 0. The van der Waals surface area contributed by atoms with Crippen molar-refractivity contribution >= 4 is 101 Å². The molecule has 5 rings (SSSR count).